The molecule has 1 N–H and O–H groups in total. The van der Waals surface area contributed by atoms with Crippen LogP contribution < -0.4 is 0 Å². The molecule has 0 spiro atoms. The highest BCUT2D eigenvalue weighted by Gasteiger charge is 2.43. The zero-order valence-electron chi connectivity index (χ0n) is 13.9. The molecule has 0 fully saturated rings. The Labute approximate surface area is 149 Å². The summed E-state index contributed by atoms with van der Waals surface area (Å²) in [6.07, 6.45) is 0.270. The smallest absolute Gasteiger partial charge is 0.446 e. The van der Waals surface area contributed by atoms with Crippen LogP contribution in [-0.4, -0.2) is 16.6 Å². The Balaban J connectivity index is 2.43. The van der Waals surface area contributed by atoms with Crippen molar-refractivity contribution in [3.63, 3.8) is 0 Å². The summed E-state index contributed by atoms with van der Waals surface area (Å²) in [5.41, 5.74) is -4.20. The third-order valence-electron chi connectivity index (χ3n) is 4.30. The summed E-state index contributed by atoms with van der Waals surface area (Å²) in [6, 6.07) is 14.9. The first-order valence-electron chi connectivity index (χ1n) is 7.79. The molecule has 6 heteroatoms. The van der Waals surface area contributed by atoms with Crippen LogP contribution in [0.25, 0.3) is 0 Å². The van der Waals surface area contributed by atoms with Gasteiger partial charge in [0.05, 0.1) is 5.41 Å². The van der Waals surface area contributed by atoms with Gasteiger partial charge in [0, 0.05) is 4.90 Å². The third-order valence-corrected chi connectivity index (χ3v) is 5.04. The van der Waals surface area contributed by atoms with Crippen molar-refractivity contribution in [1.29, 1.82) is 0 Å². The minimum absolute atomic E-state index is 0.0407. The zero-order valence-corrected chi connectivity index (χ0v) is 14.7. The molecule has 0 saturated heterocycles. The molecule has 2 nitrogen and oxygen atoms in total. The van der Waals surface area contributed by atoms with Crippen molar-refractivity contribution in [3.8, 4) is 0 Å². The number of halogens is 3. The van der Waals surface area contributed by atoms with Gasteiger partial charge in [0.25, 0.3) is 0 Å². The first-order valence-corrected chi connectivity index (χ1v) is 8.60. The van der Waals surface area contributed by atoms with E-state index >= 15 is 0 Å². The van der Waals surface area contributed by atoms with Gasteiger partial charge in [-0.2, -0.15) is 13.2 Å². The molecule has 0 heterocycles. The number of rotatable bonds is 6. The summed E-state index contributed by atoms with van der Waals surface area (Å²) in [5.74, 6) is -1.23. The number of hydrogen-bond acceptors (Lipinski definition) is 2. The summed E-state index contributed by atoms with van der Waals surface area (Å²) in [7, 11) is 0. The second-order valence-electron chi connectivity index (χ2n) is 6.17. The van der Waals surface area contributed by atoms with Crippen molar-refractivity contribution in [2.75, 3.05) is 0 Å². The van der Waals surface area contributed by atoms with Gasteiger partial charge in [-0.1, -0.05) is 56.3 Å². The second kappa shape index (κ2) is 7.52. The van der Waals surface area contributed by atoms with Crippen molar-refractivity contribution in [2.45, 2.75) is 36.1 Å². The lowest BCUT2D eigenvalue weighted by Crippen LogP contribution is -2.43. The third kappa shape index (κ3) is 4.57. The van der Waals surface area contributed by atoms with E-state index in [9.17, 15) is 23.1 Å². The Morgan fingerprint density at radius 1 is 1.04 bits per heavy atom. The molecule has 0 bridgehead atoms. The van der Waals surface area contributed by atoms with Crippen molar-refractivity contribution in [2.24, 2.45) is 5.92 Å². The van der Waals surface area contributed by atoms with Gasteiger partial charge in [-0.3, -0.25) is 4.79 Å². The van der Waals surface area contributed by atoms with E-state index in [2.05, 4.69) is 0 Å². The highest BCUT2D eigenvalue weighted by Crippen LogP contribution is 2.40. The average molecular weight is 368 g/mol. The maximum absolute atomic E-state index is 12.5. The second-order valence-corrected chi connectivity index (χ2v) is 7.30. The van der Waals surface area contributed by atoms with Crippen molar-refractivity contribution in [3.05, 3.63) is 65.7 Å². The lowest BCUT2D eigenvalue weighted by Gasteiger charge is -2.34. The van der Waals surface area contributed by atoms with Crippen molar-refractivity contribution in [1.82, 2.24) is 0 Å². The van der Waals surface area contributed by atoms with Crippen LogP contribution in [0.3, 0.4) is 0 Å². The minimum atomic E-state index is -4.37. The number of carbonyl (C=O) groups is 1. The molecule has 134 valence electrons. The van der Waals surface area contributed by atoms with Gasteiger partial charge >= 0.3 is 11.5 Å². The summed E-state index contributed by atoms with van der Waals surface area (Å²) in [4.78, 5) is 12.2. The van der Waals surface area contributed by atoms with E-state index < -0.39 is 16.9 Å². The van der Waals surface area contributed by atoms with E-state index in [-0.39, 0.29) is 29.0 Å². The highest BCUT2D eigenvalue weighted by atomic mass is 32.2. The van der Waals surface area contributed by atoms with Gasteiger partial charge in [-0.25, -0.2) is 0 Å². The quantitative estimate of drug-likeness (QED) is 0.682. The standard InChI is InChI=1S/C19H19F3O2S/c1-13(2)18(17(23)24,12-14-6-4-3-5-7-14)15-8-10-16(11-9-15)25-19(20,21)22/h3-11,13H,12H2,1-2H3,(H,23,24). The lowest BCUT2D eigenvalue weighted by molar-refractivity contribution is -0.145. The zero-order chi connectivity index (χ0) is 18.7. The maximum Gasteiger partial charge on any atom is 0.446 e. The van der Waals surface area contributed by atoms with E-state index in [1.54, 1.807) is 0 Å². The lowest BCUT2D eigenvalue weighted by atomic mass is 9.68. The molecule has 2 aromatic carbocycles. The van der Waals surface area contributed by atoms with Crippen LogP contribution in [0.15, 0.2) is 59.5 Å². The van der Waals surface area contributed by atoms with E-state index in [1.807, 2.05) is 44.2 Å². The molecule has 2 rings (SSSR count). The molecule has 0 amide bonds. The monoisotopic (exact) mass is 368 g/mol. The predicted molar refractivity (Wildman–Crippen MR) is 92.7 cm³/mol. The fourth-order valence-corrected chi connectivity index (χ4v) is 3.50. The summed E-state index contributed by atoms with van der Waals surface area (Å²) < 4.78 is 37.5. The molecule has 0 aromatic heterocycles. The van der Waals surface area contributed by atoms with Crippen LogP contribution in [0.2, 0.25) is 0 Å². The molecule has 0 radical (unpaired) electrons. The van der Waals surface area contributed by atoms with E-state index in [0.717, 1.165) is 5.56 Å². The number of benzene rings is 2. The van der Waals surface area contributed by atoms with Gasteiger partial charge in [0.1, 0.15) is 0 Å². The Morgan fingerprint density at radius 2 is 1.60 bits per heavy atom. The Kier molecular flexibility index (Phi) is 5.83. The van der Waals surface area contributed by atoms with Crippen LogP contribution in [0, 0.1) is 5.92 Å². The number of alkyl halides is 3. The van der Waals surface area contributed by atoms with Crippen LogP contribution >= 0.6 is 11.8 Å². The fourth-order valence-electron chi connectivity index (χ4n) is 2.96. The van der Waals surface area contributed by atoms with E-state index in [1.165, 1.54) is 24.3 Å². The van der Waals surface area contributed by atoms with Crippen molar-refractivity contribution >= 4 is 17.7 Å². The van der Waals surface area contributed by atoms with Crippen LogP contribution in [0.4, 0.5) is 13.2 Å². The number of carboxylic acid groups (broad SMARTS) is 1. The topological polar surface area (TPSA) is 37.3 Å². The molecule has 1 atom stereocenters. The molecule has 1 unspecified atom stereocenters. The summed E-state index contributed by atoms with van der Waals surface area (Å²) >= 11 is -0.207. The molecular formula is C19H19F3O2S. The highest BCUT2D eigenvalue weighted by molar-refractivity contribution is 8.00. The van der Waals surface area contributed by atoms with Gasteiger partial charge in [0.15, 0.2) is 0 Å². The van der Waals surface area contributed by atoms with Crippen LogP contribution in [0.1, 0.15) is 25.0 Å². The number of carboxylic acids is 1. The predicted octanol–water partition coefficient (Wildman–Crippen LogP) is 5.52. The Bertz CT molecular complexity index is 712. The molecule has 0 aliphatic heterocycles. The molecular weight excluding hydrogens is 349 g/mol. The van der Waals surface area contributed by atoms with Crippen molar-refractivity contribution < 1.29 is 23.1 Å². The van der Waals surface area contributed by atoms with Crippen LogP contribution in [-0.2, 0) is 16.6 Å². The number of aliphatic carboxylic acids is 1. The Hall–Kier alpha value is -1.95. The van der Waals surface area contributed by atoms with Gasteiger partial charge < -0.3 is 5.11 Å². The largest absolute Gasteiger partial charge is 0.481 e. The number of hydrogen-bond donors (Lipinski definition) is 1. The van der Waals surface area contributed by atoms with Gasteiger partial charge in [0.2, 0.25) is 0 Å². The molecule has 0 aliphatic carbocycles. The molecule has 25 heavy (non-hydrogen) atoms. The first kappa shape index (κ1) is 19.4. The SMILES string of the molecule is CC(C)C(Cc1ccccc1)(C(=O)O)c1ccc(SC(F)(F)F)cc1. The normalized spacial score (nSPS) is 14.3. The molecule has 2 aromatic rings. The Morgan fingerprint density at radius 3 is 2.04 bits per heavy atom. The van der Waals surface area contributed by atoms with E-state index in [4.69, 9.17) is 0 Å². The molecule has 0 saturated carbocycles. The summed E-state index contributed by atoms with van der Waals surface area (Å²) in [6.45, 7) is 3.63. The summed E-state index contributed by atoms with van der Waals surface area (Å²) in [5, 5.41) is 9.98. The van der Waals surface area contributed by atoms with Gasteiger partial charge in [-0.15, -0.1) is 0 Å². The van der Waals surface area contributed by atoms with Crippen LogP contribution in [0.5, 0.6) is 0 Å². The average Bonchev–Trinajstić information content (AvgIpc) is 2.52. The first-order chi connectivity index (χ1) is 11.6. The maximum atomic E-state index is 12.5. The fraction of sp³-hybridized carbons (Fsp3) is 0.316. The van der Waals surface area contributed by atoms with E-state index in [0.29, 0.717) is 5.56 Å². The minimum Gasteiger partial charge on any atom is -0.481 e. The van der Waals surface area contributed by atoms with Gasteiger partial charge in [-0.05, 0) is 47.4 Å². The number of thioether (sulfide) groups is 1. The molecule has 0 aliphatic rings.